The van der Waals surface area contributed by atoms with Crippen molar-refractivity contribution in [2.24, 2.45) is 4.99 Å². The van der Waals surface area contributed by atoms with Gasteiger partial charge in [-0.2, -0.15) is 0 Å². The summed E-state index contributed by atoms with van der Waals surface area (Å²) in [5.41, 5.74) is 0.884. The zero-order valence-electron chi connectivity index (χ0n) is 9.40. The first-order valence-corrected chi connectivity index (χ1v) is 5.42. The number of nitrogens with zero attached hydrogens (tertiary/aromatic N) is 1. The van der Waals surface area contributed by atoms with Gasteiger partial charge < -0.3 is 14.6 Å². The molecule has 1 aliphatic heterocycles. The van der Waals surface area contributed by atoms with Crippen LogP contribution in [0.5, 0.6) is 0 Å². The van der Waals surface area contributed by atoms with Crippen LogP contribution in [0.1, 0.15) is 26.7 Å². The van der Waals surface area contributed by atoms with E-state index in [2.05, 4.69) is 4.99 Å². The van der Waals surface area contributed by atoms with Gasteiger partial charge in [0.05, 0.1) is 31.9 Å². The monoisotopic (exact) mass is 213 g/mol. The Balaban J connectivity index is 2.45. The highest BCUT2D eigenvalue weighted by Gasteiger charge is 2.16. The molecule has 0 amide bonds. The third-order valence-electron chi connectivity index (χ3n) is 2.25. The molecule has 0 saturated carbocycles. The van der Waals surface area contributed by atoms with Crippen molar-refractivity contribution < 1.29 is 14.6 Å². The van der Waals surface area contributed by atoms with Crippen LogP contribution in [-0.4, -0.2) is 36.9 Å². The molecule has 1 aliphatic rings. The van der Waals surface area contributed by atoms with Gasteiger partial charge in [-0.3, -0.25) is 4.99 Å². The highest BCUT2D eigenvalue weighted by molar-refractivity contribution is 5.78. The first-order valence-electron chi connectivity index (χ1n) is 5.42. The quantitative estimate of drug-likeness (QED) is 0.680. The van der Waals surface area contributed by atoms with Gasteiger partial charge in [-0.15, -0.1) is 0 Å². The molecule has 0 spiro atoms. The van der Waals surface area contributed by atoms with Crippen molar-refractivity contribution in [1.29, 1.82) is 0 Å². The van der Waals surface area contributed by atoms with E-state index in [9.17, 15) is 5.11 Å². The van der Waals surface area contributed by atoms with Crippen molar-refractivity contribution in [3.63, 3.8) is 0 Å². The van der Waals surface area contributed by atoms with Crippen molar-refractivity contribution in [2.75, 3.05) is 19.8 Å². The minimum absolute atomic E-state index is 0.451. The maximum atomic E-state index is 9.89. The number of ether oxygens (including phenoxy) is 2. The Kier molecular flexibility index (Phi) is 5.18. The van der Waals surface area contributed by atoms with E-state index in [1.165, 1.54) is 0 Å². The van der Waals surface area contributed by atoms with Gasteiger partial charge in [-0.25, -0.2) is 0 Å². The molecule has 15 heavy (non-hydrogen) atoms. The Morgan fingerprint density at radius 2 is 2.47 bits per heavy atom. The molecule has 1 atom stereocenters. The van der Waals surface area contributed by atoms with Crippen LogP contribution in [0.25, 0.3) is 0 Å². The third-order valence-corrected chi connectivity index (χ3v) is 2.25. The van der Waals surface area contributed by atoms with Crippen molar-refractivity contribution in [2.45, 2.75) is 32.8 Å². The first kappa shape index (κ1) is 12.0. The van der Waals surface area contributed by atoms with Crippen molar-refractivity contribution in [3.8, 4) is 0 Å². The Hall–Kier alpha value is -1.03. The van der Waals surface area contributed by atoms with Crippen LogP contribution < -0.4 is 0 Å². The van der Waals surface area contributed by atoms with E-state index in [0.29, 0.717) is 32.1 Å². The molecular weight excluding hydrogens is 194 g/mol. The molecule has 0 radical (unpaired) electrons. The summed E-state index contributed by atoms with van der Waals surface area (Å²) in [5.74, 6) is 0.651. The van der Waals surface area contributed by atoms with Gasteiger partial charge >= 0.3 is 0 Å². The largest absolute Gasteiger partial charge is 0.501 e. The molecule has 0 fully saturated rings. The number of aliphatic hydroxyl groups excluding tert-OH is 1. The van der Waals surface area contributed by atoms with E-state index in [0.717, 1.165) is 12.0 Å². The number of aliphatic imine (C=N–C) groups is 1. The SMILES string of the molecule is CCO/C=C(\CC)C(O)CC1=NCCO1. The second kappa shape index (κ2) is 6.45. The van der Waals surface area contributed by atoms with Gasteiger partial charge in [0.2, 0.25) is 0 Å². The summed E-state index contributed by atoms with van der Waals surface area (Å²) < 4.78 is 10.4. The molecular formula is C11H19NO3. The topological polar surface area (TPSA) is 51.0 Å². The van der Waals surface area contributed by atoms with Crippen LogP contribution in [0.2, 0.25) is 0 Å². The Bertz CT molecular complexity index is 248. The Morgan fingerprint density at radius 3 is 3.00 bits per heavy atom. The lowest BCUT2D eigenvalue weighted by Crippen LogP contribution is -2.16. The average molecular weight is 213 g/mol. The lowest BCUT2D eigenvalue weighted by Gasteiger charge is -2.13. The fourth-order valence-electron chi connectivity index (χ4n) is 1.39. The van der Waals surface area contributed by atoms with Gasteiger partial charge in [0, 0.05) is 0 Å². The second-order valence-electron chi connectivity index (χ2n) is 3.35. The highest BCUT2D eigenvalue weighted by atomic mass is 16.5. The number of hydrogen-bond donors (Lipinski definition) is 1. The highest BCUT2D eigenvalue weighted by Crippen LogP contribution is 2.13. The predicted molar refractivity (Wildman–Crippen MR) is 58.9 cm³/mol. The summed E-state index contributed by atoms with van der Waals surface area (Å²) in [5, 5.41) is 9.89. The molecule has 0 aromatic heterocycles. The number of hydrogen-bond acceptors (Lipinski definition) is 4. The van der Waals surface area contributed by atoms with Crippen LogP contribution in [0.4, 0.5) is 0 Å². The minimum atomic E-state index is -0.543. The average Bonchev–Trinajstić information content (AvgIpc) is 2.71. The van der Waals surface area contributed by atoms with Crippen LogP contribution in [-0.2, 0) is 9.47 Å². The van der Waals surface area contributed by atoms with Gasteiger partial charge in [0.25, 0.3) is 0 Å². The molecule has 1 heterocycles. The van der Waals surface area contributed by atoms with E-state index < -0.39 is 6.10 Å². The predicted octanol–water partition coefficient (Wildman–Crippen LogP) is 1.50. The summed E-state index contributed by atoms with van der Waals surface area (Å²) >= 11 is 0. The number of rotatable bonds is 6. The van der Waals surface area contributed by atoms with Crippen molar-refractivity contribution in [3.05, 3.63) is 11.8 Å². The summed E-state index contributed by atoms with van der Waals surface area (Å²) in [6.45, 7) is 5.87. The first-order chi connectivity index (χ1) is 7.27. The number of aliphatic hydroxyl groups is 1. The van der Waals surface area contributed by atoms with Gasteiger partial charge in [0.15, 0.2) is 5.90 Å². The Labute approximate surface area is 90.6 Å². The summed E-state index contributed by atoms with van der Waals surface area (Å²) in [4.78, 5) is 4.14. The molecule has 0 aromatic carbocycles. The molecule has 1 N–H and O–H groups in total. The molecule has 86 valence electrons. The van der Waals surface area contributed by atoms with Crippen LogP contribution in [0, 0.1) is 0 Å². The molecule has 1 unspecified atom stereocenters. The molecule has 0 aromatic rings. The fraction of sp³-hybridized carbons (Fsp3) is 0.727. The van der Waals surface area contributed by atoms with E-state index in [4.69, 9.17) is 9.47 Å². The van der Waals surface area contributed by atoms with E-state index >= 15 is 0 Å². The standard InChI is InChI=1S/C11H19NO3/c1-3-9(8-14-4-2)10(13)7-11-12-5-6-15-11/h8,10,13H,3-7H2,1-2H3/b9-8+. The smallest absolute Gasteiger partial charge is 0.186 e. The van der Waals surface area contributed by atoms with Crippen LogP contribution in [0.15, 0.2) is 16.8 Å². The third kappa shape index (κ3) is 3.91. The summed E-state index contributed by atoms with van der Waals surface area (Å²) in [7, 11) is 0. The van der Waals surface area contributed by atoms with Crippen LogP contribution in [0.3, 0.4) is 0 Å². The van der Waals surface area contributed by atoms with Gasteiger partial charge in [-0.05, 0) is 18.9 Å². The molecule has 4 heteroatoms. The van der Waals surface area contributed by atoms with Crippen LogP contribution >= 0.6 is 0 Å². The van der Waals surface area contributed by atoms with E-state index in [1.54, 1.807) is 6.26 Å². The lowest BCUT2D eigenvalue weighted by atomic mass is 10.1. The lowest BCUT2D eigenvalue weighted by molar-refractivity contribution is 0.191. The molecule has 1 rings (SSSR count). The zero-order chi connectivity index (χ0) is 11.1. The Morgan fingerprint density at radius 1 is 1.67 bits per heavy atom. The summed E-state index contributed by atoms with van der Waals surface area (Å²) in [6, 6.07) is 0. The van der Waals surface area contributed by atoms with E-state index in [1.807, 2.05) is 13.8 Å². The van der Waals surface area contributed by atoms with Gasteiger partial charge in [-0.1, -0.05) is 6.92 Å². The van der Waals surface area contributed by atoms with E-state index in [-0.39, 0.29) is 0 Å². The minimum Gasteiger partial charge on any atom is -0.501 e. The fourth-order valence-corrected chi connectivity index (χ4v) is 1.39. The zero-order valence-corrected chi connectivity index (χ0v) is 9.40. The van der Waals surface area contributed by atoms with Crippen molar-refractivity contribution in [1.82, 2.24) is 0 Å². The molecule has 0 saturated heterocycles. The normalized spacial score (nSPS) is 18.3. The second-order valence-corrected chi connectivity index (χ2v) is 3.35. The summed E-state index contributed by atoms with van der Waals surface area (Å²) in [6.07, 6.45) is 2.32. The van der Waals surface area contributed by atoms with Crippen molar-refractivity contribution >= 4 is 5.90 Å². The molecule has 4 nitrogen and oxygen atoms in total. The molecule has 0 bridgehead atoms. The van der Waals surface area contributed by atoms with Gasteiger partial charge in [0.1, 0.15) is 6.61 Å². The maximum absolute atomic E-state index is 9.89. The maximum Gasteiger partial charge on any atom is 0.186 e. The molecule has 0 aliphatic carbocycles.